The molecule has 0 saturated carbocycles. The van der Waals surface area contributed by atoms with E-state index in [-0.39, 0.29) is 0 Å². The maximum absolute atomic E-state index is 5.77. The van der Waals surface area contributed by atoms with Gasteiger partial charge in [0, 0.05) is 25.7 Å². The van der Waals surface area contributed by atoms with Crippen LogP contribution in [0.4, 0.5) is 0 Å². The lowest BCUT2D eigenvalue weighted by Crippen LogP contribution is -2.47. The summed E-state index contributed by atoms with van der Waals surface area (Å²) in [5, 5.41) is 0. The van der Waals surface area contributed by atoms with Gasteiger partial charge in [-0.1, -0.05) is 13.8 Å². The largest absolute Gasteiger partial charge is 0.379 e. The Hall–Kier alpha value is -0.120. The van der Waals surface area contributed by atoms with Crippen LogP contribution in [0.25, 0.3) is 0 Å². The zero-order valence-corrected chi connectivity index (χ0v) is 8.83. The van der Waals surface area contributed by atoms with Crippen molar-refractivity contribution < 1.29 is 4.74 Å². The molecular formula is C10H22N2O. The maximum Gasteiger partial charge on any atom is 0.0594 e. The summed E-state index contributed by atoms with van der Waals surface area (Å²) in [4.78, 5) is 2.46. The minimum atomic E-state index is 0.559. The molecule has 0 unspecified atom stereocenters. The van der Waals surface area contributed by atoms with Gasteiger partial charge in [0.25, 0.3) is 0 Å². The highest BCUT2D eigenvalue weighted by molar-refractivity contribution is 4.75. The van der Waals surface area contributed by atoms with Gasteiger partial charge >= 0.3 is 0 Å². The van der Waals surface area contributed by atoms with Gasteiger partial charge in [-0.15, -0.1) is 0 Å². The second kappa shape index (κ2) is 5.58. The Balaban J connectivity index is 2.34. The van der Waals surface area contributed by atoms with Crippen LogP contribution in [0, 0.1) is 5.92 Å². The van der Waals surface area contributed by atoms with Crippen LogP contribution in [0.3, 0.4) is 0 Å². The van der Waals surface area contributed by atoms with E-state index in [9.17, 15) is 0 Å². The minimum absolute atomic E-state index is 0.559. The molecule has 1 rings (SSSR count). The third-order valence-corrected chi connectivity index (χ3v) is 2.58. The lowest BCUT2D eigenvalue weighted by Gasteiger charge is -2.34. The average molecular weight is 186 g/mol. The van der Waals surface area contributed by atoms with E-state index < -0.39 is 0 Å². The van der Waals surface area contributed by atoms with E-state index in [1.165, 1.54) is 6.42 Å². The molecule has 1 saturated heterocycles. The summed E-state index contributed by atoms with van der Waals surface area (Å²) < 4.78 is 5.32. The van der Waals surface area contributed by atoms with Crippen molar-refractivity contribution in [3.05, 3.63) is 0 Å². The Morgan fingerprint density at radius 2 is 1.92 bits per heavy atom. The van der Waals surface area contributed by atoms with Crippen LogP contribution < -0.4 is 5.73 Å². The molecule has 13 heavy (non-hydrogen) atoms. The first-order valence-electron chi connectivity index (χ1n) is 5.26. The molecule has 1 atom stereocenters. The summed E-state index contributed by atoms with van der Waals surface area (Å²) in [5.41, 5.74) is 5.77. The highest BCUT2D eigenvalue weighted by atomic mass is 16.5. The third kappa shape index (κ3) is 3.63. The highest BCUT2D eigenvalue weighted by Crippen LogP contribution is 2.12. The second-order valence-electron chi connectivity index (χ2n) is 4.17. The molecule has 2 N–H and O–H groups in total. The Kier molecular flexibility index (Phi) is 4.70. The van der Waals surface area contributed by atoms with Crippen LogP contribution in [0.5, 0.6) is 0 Å². The molecule has 3 nitrogen and oxygen atoms in total. The SMILES string of the molecule is CC(C)C[C@H](CN)N1CCOCC1. The molecule has 1 heterocycles. The summed E-state index contributed by atoms with van der Waals surface area (Å²) in [5.74, 6) is 0.733. The fourth-order valence-corrected chi connectivity index (χ4v) is 1.88. The van der Waals surface area contributed by atoms with Gasteiger partial charge in [0.05, 0.1) is 13.2 Å². The molecule has 0 radical (unpaired) electrons. The van der Waals surface area contributed by atoms with Gasteiger partial charge in [0.15, 0.2) is 0 Å². The van der Waals surface area contributed by atoms with Crippen molar-refractivity contribution in [3.8, 4) is 0 Å². The number of nitrogens with zero attached hydrogens (tertiary/aromatic N) is 1. The maximum atomic E-state index is 5.77. The number of ether oxygens (including phenoxy) is 1. The zero-order chi connectivity index (χ0) is 9.68. The number of nitrogens with two attached hydrogens (primary N) is 1. The molecule has 0 aromatic rings. The lowest BCUT2D eigenvalue weighted by molar-refractivity contribution is 0.0142. The summed E-state index contributed by atoms with van der Waals surface area (Å²) in [6.07, 6.45) is 1.20. The molecule has 78 valence electrons. The van der Waals surface area contributed by atoms with Crippen molar-refractivity contribution >= 4 is 0 Å². The Morgan fingerprint density at radius 1 is 1.31 bits per heavy atom. The van der Waals surface area contributed by atoms with Crippen LogP contribution in [0.2, 0.25) is 0 Å². The first-order chi connectivity index (χ1) is 6.24. The molecule has 0 aromatic heterocycles. The van der Waals surface area contributed by atoms with Gasteiger partial charge in [0.2, 0.25) is 0 Å². The molecule has 0 aromatic carbocycles. The Labute approximate surface area is 81.2 Å². The summed E-state index contributed by atoms with van der Waals surface area (Å²) >= 11 is 0. The van der Waals surface area contributed by atoms with E-state index in [0.29, 0.717) is 6.04 Å². The van der Waals surface area contributed by atoms with Crippen molar-refractivity contribution in [1.29, 1.82) is 0 Å². The molecule has 0 spiro atoms. The molecule has 1 fully saturated rings. The normalized spacial score (nSPS) is 22.2. The van der Waals surface area contributed by atoms with Gasteiger partial charge < -0.3 is 10.5 Å². The Morgan fingerprint density at radius 3 is 2.38 bits per heavy atom. The van der Waals surface area contributed by atoms with Crippen molar-refractivity contribution in [2.45, 2.75) is 26.3 Å². The third-order valence-electron chi connectivity index (χ3n) is 2.58. The van der Waals surface area contributed by atoms with Crippen LogP contribution in [-0.4, -0.2) is 43.8 Å². The van der Waals surface area contributed by atoms with Gasteiger partial charge in [-0.3, -0.25) is 4.90 Å². The van der Waals surface area contributed by atoms with Gasteiger partial charge in [-0.2, -0.15) is 0 Å². The van der Waals surface area contributed by atoms with Gasteiger partial charge in [0.1, 0.15) is 0 Å². The molecule has 3 heteroatoms. The monoisotopic (exact) mass is 186 g/mol. The van der Waals surface area contributed by atoms with Crippen LogP contribution in [0.15, 0.2) is 0 Å². The van der Waals surface area contributed by atoms with Crippen LogP contribution in [0.1, 0.15) is 20.3 Å². The van der Waals surface area contributed by atoms with E-state index in [0.717, 1.165) is 38.8 Å². The smallest absolute Gasteiger partial charge is 0.0594 e. The first kappa shape index (κ1) is 11.0. The highest BCUT2D eigenvalue weighted by Gasteiger charge is 2.20. The van der Waals surface area contributed by atoms with E-state index in [1.54, 1.807) is 0 Å². The lowest BCUT2D eigenvalue weighted by atomic mass is 10.0. The Bertz CT molecular complexity index is 133. The van der Waals surface area contributed by atoms with Crippen molar-refractivity contribution in [2.24, 2.45) is 11.7 Å². The van der Waals surface area contributed by atoms with Crippen LogP contribution in [-0.2, 0) is 4.74 Å². The molecular weight excluding hydrogens is 164 g/mol. The quantitative estimate of drug-likeness (QED) is 0.702. The second-order valence-corrected chi connectivity index (χ2v) is 4.17. The number of morpholine rings is 1. The van der Waals surface area contributed by atoms with Gasteiger partial charge in [-0.25, -0.2) is 0 Å². The van der Waals surface area contributed by atoms with Crippen molar-refractivity contribution in [1.82, 2.24) is 4.90 Å². The molecule has 0 amide bonds. The molecule has 1 aliphatic heterocycles. The number of hydrogen-bond donors (Lipinski definition) is 1. The zero-order valence-electron chi connectivity index (χ0n) is 8.83. The van der Waals surface area contributed by atoms with Crippen LogP contribution >= 0.6 is 0 Å². The number of rotatable bonds is 4. The predicted octanol–water partition coefficient (Wildman–Crippen LogP) is 0.692. The average Bonchev–Trinajstić information content (AvgIpc) is 2.15. The van der Waals surface area contributed by atoms with E-state index in [1.807, 2.05) is 0 Å². The van der Waals surface area contributed by atoms with Crippen molar-refractivity contribution in [2.75, 3.05) is 32.8 Å². The van der Waals surface area contributed by atoms with E-state index in [4.69, 9.17) is 10.5 Å². The first-order valence-corrected chi connectivity index (χ1v) is 5.26. The topological polar surface area (TPSA) is 38.5 Å². The summed E-state index contributed by atoms with van der Waals surface area (Å²) in [7, 11) is 0. The summed E-state index contributed by atoms with van der Waals surface area (Å²) in [6, 6.07) is 0.559. The van der Waals surface area contributed by atoms with E-state index in [2.05, 4.69) is 18.7 Å². The fraction of sp³-hybridized carbons (Fsp3) is 1.00. The molecule has 0 bridgehead atoms. The van der Waals surface area contributed by atoms with Crippen molar-refractivity contribution in [3.63, 3.8) is 0 Å². The molecule has 1 aliphatic rings. The number of hydrogen-bond acceptors (Lipinski definition) is 3. The minimum Gasteiger partial charge on any atom is -0.379 e. The predicted molar refractivity (Wildman–Crippen MR) is 54.7 cm³/mol. The standard InChI is InChI=1S/C10H22N2O/c1-9(2)7-10(8-11)12-3-5-13-6-4-12/h9-10H,3-8,11H2,1-2H3/t10-/m1/s1. The fourth-order valence-electron chi connectivity index (χ4n) is 1.88. The van der Waals surface area contributed by atoms with E-state index >= 15 is 0 Å². The molecule has 0 aliphatic carbocycles. The summed E-state index contributed by atoms with van der Waals surface area (Å²) in [6.45, 7) is 9.12. The van der Waals surface area contributed by atoms with Gasteiger partial charge in [-0.05, 0) is 12.3 Å².